The van der Waals surface area contributed by atoms with E-state index >= 15 is 0 Å². The van der Waals surface area contributed by atoms with E-state index in [-0.39, 0.29) is 16.3 Å². The van der Waals surface area contributed by atoms with Crippen molar-refractivity contribution in [1.82, 2.24) is 14.8 Å². The highest BCUT2D eigenvalue weighted by Crippen LogP contribution is 2.31. The molecule has 0 fully saturated rings. The van der Waals surface area contributed by atoms with Gasteiger partial charge in [0.05, 0.1) is 34.5 Å². The lowest BCUT2D eigenvalue weighted by Gasteiger charge is -2.09. The largest absolute Gasteiger partial charge is 0.508 e. The maximum absolute atomic E-state index is 12.7. The summed E-state index contributed by atoms with van der Waals surface area (Å²) in [6.07, 6.45) is 1.42. The van der Waals surface area contributed by atoms with E-state index in [0.29, 0.717) is 28.2 Å². The van der Waals surface area contributed by atoms with Crippen molar-refractivity contribution in [1.29, 1.82) is 0 Å². The van der Waals surface area contributed by atoms with Crippen LogP contribution in [-0.4, -0.2) is 32.9 Å². The van der Waals surface area contributed by atoms with Gasteiger partial charge < -0.3 is 15.2 Å². The molecule has 146 valence electrons. The van der Waals surface area contributed by atoms with Crippen LogP contribution in [0.5, 0.6) is 11.5 Å². The second-order valence-electron chi connectivity index (χ2n) is 6.39. The Morgan fingerprint density at radius 3 is 2.76 bits per heavy atom. The molecule has 0 aliphatic rings. The number of hydrogen-bond donors (Lipinski definition) is 2. The van der Waals surface area contributed by atoms with E-state index in [1.807, 2.05) is 31.2 Å². The number of aromatic hydroxyl groups is 1. The number of aryl methyl sites for hydroxylation is 1. The van der Waals surface area contributed by atoms with Gasteiger partial charge in [-0.2, -0.15) is 5.10 Å². The summed E-state index contributed by atoms with van der Waals surface area (Å²) >= 11 is 6.57. The molecule has 0 radical (unpaired) electrons. The number of ether oxygens (including phenoxy) is 1. The third-order valence-corrected chi connectivity index (χ3v) is 4.85. The van der Waals surface area contributed by atoms with Crippen molar-refractivity contribution in [2.24, 2.45) is 0 Å². The van der Waals surface area contributed by atoms with Gasteiger partial charge in [-0.15, -0.1) is 0 Å². The van der Waals surface area contributed by atoms with Crippen LogP contribution in [0.3, 0.4) is 0 Å². The number of amides is 1. The van der Waals surface area contributed by atoms with Crippen LogP contribution in [0.15, 0.2) is 54.7 Å². The Morgan fingerprint density at radius 2 is 2.00 bits per heavy atom. The predicted octanol–water partition coefficient (Wildman–Crippen LogP) is 4.35. The summed E-state index contributed by atoms with van der Waals surface area (Å²) in [6, 6.07) is 13.7. The molecule has 2 aromatic carbocycles. The van der Waals surface area contributed by atoms with Gasteiger partial charge in [0.25, 0.3) is 5.91 Å². The van der Waals surface area contributed by atoms with Crippen molar-refractivity contribution < 1.29 is 14.6 Å². The van der Waals surface area contributed by atoms with E-state index in [1.165, 1.54) is 18.3 Å². The van der Waals surface area contributed by atoms with Crippen molar-refractivity contribution >= 4 is 34.2 Å². The molecule has 0 unspecified atom stereocenters. The van der Waals surface area contributed by atoms with Crippen LogP contribution >= 0.6 is 11.6 Å². The van der Waals surface area contributed by atoms with Gasteiger partial charge in [-0.1, -0.05) is 23.7 Å². The third kappa shape index (κ3) is 3.48. The number of carbonyl (C=O) groups is 1. The molecule has 0 saturated carbocycles. The fraction of sp³-hybridized carbons (Fsp3) is 0.0952. The topological polar surface area (TPSA) is 89.3 Å². The zero-order chi connectivity index (χ0) is 20.5. The average Bonchev–Trinajstić information content (AvgIpc) is 3.05. The number of nitrogens with one attached hydrogen (secondary N) is 1. The van der Waals surface area contributed by atoms with Gasteiger partial charge in [-0.3, -0.25) is 4.79 Å². The summed E-state index contributed by atoms with van der Waals surface area (Å²) in [5.41, 5.74) is 2.62. The fourth-order valence-corrected chi connectivity index (χ4v) is 3.43. The lowest BCUT2D eigenvalue weighted by Crippen LogP contribution is -2.13. The van der Waals surface area contributed by atoms with E-state index < -0.39 is 5.91 Å². The zero-order valence-electron chi connectivity index (χ0n) is 15.7. The summed E-state index contributed by atoms with van der Waals surface area (Å²) in [7, 11) is 1.60. The number of benzene rings is 2. The maximum Gasteiger partial charge on any atom is 0.258 e. The van der Waals surface area contributed by atoms with Gasteiger partial charge in [0.2, 0.25) is 0 Å². The summed E-state index contributed by atoms with van der Waals surface area (Å²) < 4.78 is 6.94. The van der Waals surface area contributed by atoms with Crippen molar-refractivity contribution in [2.75, 3.05) is 12.4 Å². The van der Waals surface area contributed by atoms with E-state index in [0.717, 1.165) is 5.69 Å². The molecular formula is C21H17ClN4O3. The number of aromatic nitrogens is 3. The number of nitrogens with zero attached hydrogens (tertiary/aromatic N) is 3. The molecule has 2 heterocycles. The molecule has 4 aromatic rings. The first-order chi connectivity index (χ1) is 14.0. The highest BCUT2D eigenvalue weighted by Gasteiger charge is 2.20. The number of anilines is 1. The van der Waals surface area contributed by atoms with Crippen LogP contribution in [0.2, 0.25) is 5.02 Å². The first-order valence-corrected chi connectivity index (χ1v) is 9.14. The number of hydrogen-bond acceptors (Lipinski definition) is 5. The van der Waals surface area contributed by atoms with Gasteiger partial charge in [0.1, 0.15) is 11.5 Å². The minimum absolute atomic E-state index is 0.0536. The number of carbonyl (C=O) groups excluding carboxylic acids is 1. The second-order valence-corrected chi connectivity index (χ2v) is 6.77. The molecule has 1 amide bonds. The highest BCUT2D eigenvalue weighted by molar-refractivity contribution is 6.39. The van der Waals surface area contributed by atoms with Crippen LogP contribution in [-0.2, 0) is 0 Å². The number of halogens is 1. The summed E-state index contributed by atoms with van der Waals surface area (Å²) in [4.78, 5) is 17.1. The van der Waals surface area contributed by atoms with Crippen molar-refractivity contribution in [2.45, 2.75) is 6.92 Å². The average molecular weight is 409 g/mol. The van der Waals surface area contributed by atoms with E-state index in [2.05, 4.69) is 15.4 Å². The Balaban J connectivity index is 1.76. The molecule has 8 heteroatoms. The number of phenolic OH excluding ortho intramolecular Hbond substituents is 1. The molecule has 0 aliphatic carbocycles. The van der Waals surface area contributed by atoms with E-state index in [1.54, 1.807) is 23.9 Å². The Kier molecular flexibility index (Phi) is 4.82. The first kappa shape index (κ1) is 18.8. The number of fused-ring (bicyclic) bond motifs is 1. The molecule has 0 saturated heterocycles. The smallest absolute Gasteiger partial charge is 0.258 e. The minimum atomic E-state index is -0.427. The molecule has 4 rings (SSSR count). The third-order valence-electron chi connectivity index (χ3n) is 4.45. The molecule has 0 spiro atoms. The number of methoxy groups -OCH3 is 1. The molecule has 0 bridgehead atoms. The molecule has 2 N–H and O–H groups in total. The maximum atomic E-state index is 12.7. The second kappa shape index (κ2) is 7.44. The quantitative estimate of drug-likeness (QED) is 0.524. The molecule has 7 nitrogen and oxygen atoms in total. The van der Waals surface area contributed by atoms with Gasteiger partial charge >= 0.3 is 0 Å². The van der Waals surface area contributed by atoms with Crippen LogP contribution in [0, 0.1) is 6.92 Å². The Morgan fingerprint density at radius 1 is 1.21 bits per heavy atom. The van der Waals surface area contributed by atoms with Gasteiger partial charge in [0.15, 0.2) is 5.65 Å². The Labute approximate surface area is 171 Å². The highest BCUT2D eigenvalue weighted by atomic mass is 35.5. The summed E-state index contributed by atoms with van der Waals surface area (Å²) in [5, 5.41) is 17.7. The number of pyridine rings is 1. The normalized spacial score (nSPS) is 10.9. The van der Waals surface area contributed by atoms with Gasteiger partial charge in [-0.25, -0.2) is 9.67 Å². The van der Waals surface area contributed by atoms with Crippen LogP contribution < -0.4 is 10.1 Å². The van der Waals surface area contributed by atoms with Crippen molar-refractivity contribution in [3.8, 4) is 17.2 Å². The lowest BCUT2D eigenvalue weighted by molar-refractivity contribution is 0.102. The molecule has 0 aliphatic heterocycles. The summed E-state index contributed by atoms with van der Waals surface area (Å²) in [6.45, 7) is 1.81. The van der Waals surface area contributed by atoms with Crippen LogP contribution in [0.4, 0.5) is 5.69 Å². The predicted molar refractivity (Wildman–Crippen MR) is 111 cm³/mol. The monoisotopic (exact) mass is 408 g/mol. The van der Waals surface area contributed by atoms with Gasteiger partial charge in [-0.05, 0) is 31.2 Å². The SMILES string of the molecule is COc1cccc(-n2nc(C)c3c(Cl)c(C(=O)Nc4cccc(O)c4)cnc32)c1. The molecular weight excluding hydrogens is 392 g/mol. The lowest BCUT2D eigenvalue weighted by atomic mass is 10.2. The number of phenols is 1. The first-order valence-electron chi connectivity index (χ1n) is 8.76. The molecule has 0 atom stereocenters. The van der Waals surface area contributed by atoms with Crippen LogP contribution in [0.1, 0.15) is 16.1 Å². The number of rotatable bonds is 4. The Bertz CT molecular complexity index is 1240. The van der Waals surface area contributed by atoms with E-state index in [9.17, 15) is 9.90 Å². The Hall–Kier alpha value is -3.58. The fourth-order valence-electron chi connectivity index (χ4n) is 3.07. The van der Waals surface area contributed by atoms with Crippen LogP contribution in [0.25, 0.3) is 16.7 Å². The van der Waals surface area contributed by atoms with Gasteiger partial charge in [0, 0.05) is 24.0 Å². The standard InChI is InChI=1S/C21H17ClN4O3/c1-12-18-19(22)17(21(28)24-13-5-3-7-15(27)9-13)11-23-20(18)26(25-12)14-6-4-8-16(10-14)29-2/h3-11,27H,1-2H3,(H,24,28). The molecule has 2 aromatic heterocycles. The van der Waals surface area contributed by atoms with E-state index in [4.69, 9.17) is 16.3 Å². The van der Waals surface area contributed by atoms with Crippen molar-refractivity contribution in [3.05, 3.63) is 71.0 Å². The molecule has 29 heavy (non-hydrogen) atoms. The van der Waals surface area contributed by atoms with Crippen molar-refractivity contribution in [3.63, 3.8) is 0 Å². The zero-order valence-corrected chi connectivity index (χ0v) is 16.4. The summed E-state index contributed by atoms with van der Waals surface area (Å²) in [5.74, 6) is 0.318. The minimum Gasteiger partial charge on any atom is -0.508 e.